The van der Waals surface area contributed by atoms with Crippen LogP contribution in [0.3, 0.4) is 0 Å². The van der Waals surface area contributed by atoms with Gasteiger partial charge in [-0.15, -0.1) is 0 Å². The average Bonchev–Trinajstić information content (AvgIpc) is 3.39. The van der Waals surface area contributed by atoms with Crippen LogP contribution in [-0.2, 0) is 10.0 Å². The van der Waals surface area contributed by atoms with Gasteiger partial charge in [0.05, 0.1) is 37.5 Å². The Balaban J connectivity index is 1.48. The van der Waals surface area contributed by atoms with E-state index >= 15 is 0 Å². The second kappa shape index (κ2) is 9.78. The van der Waals surface area contributed by atoms with E-state index in [1.807, 2.05) is 37.3 Å². The van der Waals surface area contributed by atoms with Gasteiger partial charge in [-0.05, 0) is 67.3 Å². The maximum atomic E-state index is 13.3. The van der Waals surface area contributed by atoms with Crippen molar-refractivity contribution in [2.24, 2.45) is 5.92 Å². The van der Waals surface area contributed by atoms with Crippen molar-refractivity contribution in [3.63, 3.8) is 0 Å². The first-order chi connectivity index (χ1) is 17.4. The summed E-state index contributed by atoms with van der Waals surface area (Å²) in [6.45, 7) is 2.31. The normalized spacial score (nSPS) is 20.1. The Bertz CT molecular complexity index is 1400. The highest BCUT2D eigenvalue weighted by molar-refractivity contribution is 7.92. The van der Waals surface area contributed by atoms with E-state index in [0.717, 1.165) is 34.7 Å². The molecule has 0 fully saturated rings. The molecule has 0 radical (unpaired) electrons. The molecule has 2 aliphatic rings. The second-order valence-corrected chi connectivity index (χ2v) is 10.5. The average molecular weight is 507 g/mol. The number of benzene rings is 3. The van der Waals surface area contributed by atoms with Gasteiger partial charge in [-0.25, -0.2) is 8.42 Å². The summed E-state index contributed by atoms with van der Waals surface area (Å²) in [6, 6.07) is 18.2. The third kappa shape index (κ3) is 4.37. The fourth-order valence-corrected chi connectivity index (χ4v) is 6.26. The standard InChI is InChI=1S/C28H30N2O5S/c1-4-35-26-11-6-5-10-25(26)30-36(31,32)19-13-15-24-23(17-19)20-8-7-9-21(20)28(29-24)22-14-12-18(33-2)16-27(22)34-3/h5-8,10-17,20-21,28-30H,4,9H2,1-3H3/t20-,21+,28-/m0/s1. The molecule has 3 aromatic rings. The lowest BCUT2D eigenvalue weighted by atomic mass is 9.77. The minimum Gasteiger partial charge on any atom is -0.497 e. The van der Waals surface area contributed by atoms with Crippen molar-refractivity contribution in [1.29, 1.82) is 0 Å². The Morgan fingerprint density at radius 2 is 1.81 bits per heavy atom. The smallest absolute Gasteiger partial charge is 0.262 e. The fraction of sp³-hybridized carbons (Fsp3) is 0.286. The number of para-hydroxylation sites is 2. The molecule has 8 heteroatoms. The van der Waals surface area contributed by atoms with Crippen molar-refractivity contribution in [2.75, 3.05) is 30.9 Å². The van der Waals surface area contributed by atoms with Crippen molar-refractivity contribution in [2.45, 2.75) is 30.2 Å². The van der Waals surface area contributed by atoms with Crippen LogP contribution < -0.4 is 24.2 Å². The van der Waals surface area contributed by atoms with Crippen LogP contribution >= 0.6 is 0 Å². The molecule has 188 valence electrons. The molecule has 7 nitrogen and oxygen atoms in total. The van der Waals surface area contributed by atoms with E-state index in [1.165, 1.54) is 0 Å². The predicted octanol–water partition coefficient (Wildman–Crippen LogP) is 5.73. The van der Waals surface area contributed by atoms with Crippen LogP contribution in [-0.4, -0.2) is 29.2 Å². The molecule has 1 aliphatic carbocycles. The summed E-state index contributed by atoms with van der Waals surface area (Å²) in [7, 11) is -0.521. The molecule has 0 saturated carbocycles. The first kappa shape index (κ1) is 24.1. The molecular formula is C28H30N2O5S. The van der Waals surface area contributed by atoms with E-state index in [1.54, 1.807) is 44.6 Å². The van der Waals surface area contributed by atoms with E-state index in [0.29, 0.717) is 18.0 Å². The fourth-order valence-electron chi connectivity index (χ4n) is 5.16. The van der Waals surface area contributed by atoms with Gasteiger partial charge in [-0.2, -0.15) is 0 Å². The van der Waals surface area contributed by atoms with E-state index in [2.05, 4.69) is 22.2 Å². The van der Waals surface area contributed by atoms with Gasteiger partial charge in [0.25, 0.3) is 10.0 Å². The predicted molar refractivity (Wildman–Crippen MR) is 141 cm³/mol. The van der Waals surface area contributed by atoms with Crippen LogP contribution in [0.1, 0.15) is 36.4 Å². The van der Waals surface area contributed by atoms with Crippen LogP contribution in [0.4, 0.5) is 11.4 Å². The molecule has 0 amide bonds. The monoisotopic (exact) mass is 506 g/mol. The van der Waals surface area contributed by atoms with E-state index in [9.17, 15) is 8.42 Å². The molecule has 0 unspecified atom stereocenters. The number of anilines is 2. The third-order valence-corrected chi connectivity index (χ3v) is 8.21. The van der Waals surface area contributed by atoms with E-state index in [4.69, 9.17) is 14.2 Å². The Labute approximate surface area is 212 Å². The Kier molecular flexibility index (Phi) is 6.53. The van der Waals surface area contributed by atoms with Crippen molar-refractivity contribution >= 4 is 21.4 Å². The van der Waals surface area contributed by atoms with Crippen LogP contribution in [0.25, 0.3) is 0 Å². The maximum absolute atomic E-state index is 13.3. The Morgan fingerprint density at radius 3 is 2.58 bits per heavy atom. The summed E-state index contributed by atoms with van der Waals surface area (Å²) in [6.07, 6.45) is 5.24. The number of methoxy groups -OCH3 is 2. The highest BCUT2D eigenvalue weighted by atomic mass is 32.2. The van der Waals surface area contributed by atoms with Crippen LogP contribution in [0.5, 0.6) is 17.2 Å². The molecule has 1 aliphatic heterocycles. The Morgan fingerprint density at radius 1 is 0.972 bits per heavy atom. The second-order valence-electron chi connectivity index (χ2n) is 8.87. The summed E-state index contributed by atoms with van der Waals surface area (Å²) < 4.78 is 46.0. The molecule has 1 heterocycles. The van der Waals surface area contributed by atoms with E-state index in [-0.39, 0.29) is 22.8 Å². The van der Waals surface area contributed by atoms with Crippen LogP contribution in [0.2, 0.25) is 0 Å². The van der Waals surface area contributed by atoms with Crippen molar-refractivity contribution in [1.82, 2.24) is 0 Å². The number of rotatable bonds is 8. The van der Waals surface area contributed by atoms with Crippen LogP contribution in [0.15, 0.2) is 77.7 Å². The summed E-state index contributed by atoms with van der Waals surface area (Å²) in [5.74, 6) is 2.31. The molecule has 0 aromatic heterocycles. The number of ether oxygens (including phenoxy) is 3. The molecule has 2 N–H and O–H groups in total. The number of hydrogen-bond acceptors (Lipinski definition) is 6. The number of hydrogen-bond donors (Lipinski definition) is 2. The topological polar surface area (TPSA) is 85.9 Å². The number of allylic oxidation sites excluding steroid dienone is 2. The number of fused-ring (bicyclic) bond motifs is 3. The number of nitrogens with one attached hydrogen (secondary N) is 2. The largest absolute Gasteiger partial charge is 0.497 e. The minimum atomic E-state index is -3.82. The molecule has 3 atom stereocenters. The van der Waals surface area contributed by atoms with Gasteiger partial charge in [0.15, 0.2) is 0 Å². The van der Waals surface area contributed by atoms with Crippen molar-refractivity contribution in [3.05, 3.63) is 83.9 Å². The Hall–Kier alpha value is -3.65. The van der Waals surface area contributed by atoms with Gasteiger partial charge >= 0.3 is 0 Å². The lowest BCUT2D eigenvalue weighted by molar-refractivity contribution is 0.342. The van der Waals surface area contributed by atoms with Gasteiger partial charge in [-0.3, -0.25) is 4.72 Å². The van der Waals surface area contributed by atoms with Gasteiger partial charge in [0.1, 0.15) is 17.2 Å². The quantitative estimate of drug-likeness (QED) is 0.380. The van der Waals surface area contributed by atoms with Crippen molar-refractivity contribution < 1.29 is 22.6 Å². The lowest BCUT2D eigenvalue weighted by Crippen LogP contribution is -2.29. The summed E-state index contributed by atoms with van der Waals surface area (Å²) in [4.78, 5) is 0.217. The van der Waals surface area contributed by atoms with Gasteiger partial charge in [-0.1, -0.05) is 24.3 Å². The summed E-state index contributed by atoms with van der Waals surface area (Å²) in [5, 5.41) is 3.66. The zero-order valence-corrected chi connectivity index (χ0v) is 21.3. The minimum absolute atomic E-state index is 0.0111. The first-order valence-electron chi connectivity index (χ1n) is 12.0. The number of sulfonamides is 1. The van der Waals surface area contributed by atoms with Crippen LogP contribution in [0, 0.1) is 5.92 Å². The molecule has 3 aromatic carbocycles. The first-order valence-corrected chi connectivity index (χ1v) is 13.5. The SMILES string of the molecule is CCOc1ccccc1NS(=O)(=O)c1ccc2c(c1)[C@H]1C=CC[C@H]1[C@@H](c1ccc(OC)cc1OC)N2. The maximum Gasteiger partial charge on any atom is 0.262 e. The zero-order valence-electron chi connectivity index (χ0n) is 20.5. The lowest BCUT2D eigenvalue weighted by Gasteiger charge is -2.38. The highest BCUT2D eigenvalue weighted by Crippen LogP contribution is 2.51. The molecule has 0 spiro atoms. The molecular weight excluding hydrogens is 476 g/mol. The zero-order chi connectivity index (χ0) is 25.3. The van der Waals surface area contributed by atoms with Gasteiger partial charge in [0.2, 0.25) is 0 Å². The summed E-state index contributed by atoms with van der Waals surface area (Å²) >= 11 is 0. The van der Waals surface area contributed by atoms with Gasteiger partial charge < -0.3 is 19.5 Å². The molecule has 0 saturated heterocycles. The van der Waals surface area contributed by atoms with E-state index < -0.39 is 10.0 Å². The van der Waals surface area contributed by atoms with Crippen molar-refractivity contribution in [3.8, 4) is 17.2 Å². The molecule has 0 bridgehead atoms. The molecule has 36 heavy (non-hydrogen) atoms. The molecule has 5 rings (SSSR count). The van der Waals surface area contributed by atoms with Gasteiger partial charge in [0, 0.05) is 23.2 Å². The third-order valence-electron chi connectivity index (χ3n) is 6.85. The summed E-state index contributed by atoms with van der Waals surface area (Å²) in [5.41, 5.74) is 3.35. The highest BCUT2D eigenvalue weighted by Gasteiger charge is 2.39.